The summed E-state index contributed by atoms with van der Waals surface area (Å²) in [6, 6.07) is 0.404. The Kier molecular flexibility index (Phi) is 5.92. The maximum atomic E-state index is 10.7. The van der Waals surface area contributed by atoms with Crippen molar-refractivity contribution in [2.24, 2.45) is 5.92 Å². The number of rotatable bonds is 5. The maximum absolute atomic E-state index is 10.7. The number of aliphatic carboxylic acids is 1. The molecule has 0 amide bonds. The maximum Gasteiger partial charge on any atom is 0.303 e. The molecule has 1 aliphatic rings. The first kappa shape index (κ1) is 14.5. The molecule has 0 aromatic rings. The fourth-order valence-corrected chi connectivity index (χ4v) is 2.81. The van der Waals surface area contributed by atoms with Gasteiger partial charge in [0.25, 0.3) is 0 Å². The van der Waals surface area contributed by atoms with Crippen LogP contribution < -0.4 is 0 Å². The van der Waals surface area contributed by atoms with Gasteiger partial charge in [-0.1, -0.05) is 13.8 Å². The lowest BCUT2D eigenvalue weighted by molar-refractivity contribution is -0.137. The third-order valence-electron chi connectivity index (χ3n) is 3.41. The Morgan fingerprint density at radius 1 is 1.35 bits per heavy atom. The van der Waals surface area contributed by atoms with Crippen LogP contribution in [0.25, 0.3) is 0 Å². The van der Waals surface area contributed by atoms with Crippen LogP contribution in [0.1, 0.15) is 33.1 Å². The van der Waals surface area contributed by atoms with Gasteiger partial charge in [0.15, 0.2) is 0 Å². The van der Waals surface area contributed by atoms with Gasteiger partial charge in [-0.3, -0.25) is 9.69 Å². The fraction of sp³-hybridized carbons (Fsp3) is 0.923. The van der Waals surface area contributed by atoms with Gasteiger partial charge >= 0.3 is 5.97 Å². The topological polar surface area (TPSA) is 43.8 Å². The predicted molar refractivity (Wildman–Crippen MR) is 69.2 cm³/mol. The molecule has 0 aliphatic carbocycles. The van der Waals surface area contributed by atoms with E-state index in [0.29, 0.717) is 12.0 Å². The summed E-state index contributed by atoms with van der Waals surface area (Å²) in [6.45, 7) is 8.76. The van der Waals surface area contributed by atoms with Crippen LogP contribution in [0.4, 0.5) is 0 Å². The Balaban J connectivity index is 2.61. The predicted octanol–water partition coefficient (Wildman–Crippen LogP) is 1.51. The van der Waals surface area contributed by atoms with Crippen LogP contribution in [0.2, 0.25) is 0 Å². The molecule has 100 valence electrons. The molecule has 1 rings (SSSR count). The van der Waals surface area contributed by atoms with E-state index < -0.39 is 5.97 Å². The van der Waals surface area contributed by atoms with Gasteiger partial charge in [-0.15, -0.1) is 0 Å². The molecule has 2 atom stereocenters. The summed E-state index contributed by atoms with van der Waals surface area (Å²) >= 11 is 0. The molecule has 0 saturated carbocycles. The minimum Gasteiger partial charge on any atom is -0.481 e. The van der Waals surface area contributed by atoms with E-state index in [4.69, 9.17) is 5.11 Å². The molecule has 1 aliphatic heterocycles. The van der Waals surface area contributed by atoms with Crippen LogP contribution >= 0.6 is 0 Å². The van der Waals surface area contributed by atoms with Gasteiger partial charge in [0.2, 0.25) is 0 Å². The number of likely N-dealkylation sites (N-methyl/N-ethyl adjacent to an activating group) is 1. The van der Waals surface area contributed by atoms with Crippen molar-refractivity contribution in [2.75, 3.05) is 33.2 Å². The molecule has 17 heavy (non-hydrogen) atoms. The van der Waals surface area contributed by atoms with Gasteiger partial charge in [0, 0.05) is 32.1 Å². The number of nitrogens with zero attached hydrogens (tertiary/aromatic N) is 2. The van der Waals surface area contributed by atoms with Crippen molar-refractivity contribution in [1.82, 2.24) is 9.80 Å². The summed E-state index contributed by atoms with van der Waals surface area (Å²) in [5.74, 6) is -0.0113. The van der Waals surface area contributed by atoms with Gasteiger partial charge < -0.3 is 10.0 Å². The van der Waals surface area contributed by atoms with E-state index in [9.17, 15) is 4.79 Å². The van der Waals surface area contributed by atoms with E-state index in [1.165, 1.54) is 0 Å². The molecule has 4 nitrogen and oxygen atoms in total. The lowest BCUT2D eigenvalue weighted by Gasteiger charge is -2.30. The number of carbonyl (C=O) groups is 1. The lowest BCUT2D eigenvalue weighted by Crippen LogP contribution is -2.41. The van der Waals surface area contributed by atoms with Crippen LogP contribution in [0.3, 0.4) is 0 Å². The highest BCUT2D eigenvalue weighted by Gasteiger charge is 2.26. The first-order valence-electron chi connectivity index (χ1n) is 6.67. The Bertz CT molecular complexity index is 246. The van der Waals surface area contributed by atoms with Gasteiger partial charge in [-0.25, -0.2) is 0 Å². The molecule has 0 bridgehead atoms. The molecule has 0 radical (unpaired) electrons. The van der Waals surface area contributed by atoms with Crippen molar-refractivity contribution in [3.8, 4) is 0 Å². The average molecular weight is 242 g/mol. The zero-order valence-electron chi connectivity index (χ0n) is 11.4. The highest BCUT2D eigenvalue weighted by atomic mass is 16.4. The van der Waals surface area contributed by atoms with Crippen LogP contribution in [0.15, 0.2) is 0 Å². The molecule has 0 aromatic heterocycles. The standard InChI is InChI=1S/C13H26N2O2/c1-4-7-15-9-11(2)8-14(3)10-12(15)5-6-13(16)17/h11-12H,4-10H2,1-3H3,(H,16,17). The molecule has 1 fully saturated rings. The van der Waals surface area contributed by atoms with Gasteiger partial charge in [0.1, 0.15) is 0 Å². The summed E-state index contributed by atoms with van der Waals surface area (Å²) in [5.41, 5.74) is 0. The lowest BCUT2D eigenvalue weighted by atomic mass is 10.1. The molecule has 2 unspecified atom stereocenters. The van der Waals surface area contributed by atoms with E-state index in [-0.39, 0.29) is 6.42 Å². The van der Waals surface area contributed by atoms with E-state index >= 15 is 0 Å². The van der Waals surface area contributed by atoms with Gasteiger partial charge in [-0.05, 0) is 32.4 Å². The Morgan fingerprint density at radius 2 is 2.06 bits per heavy atom. The summed E-state index contributed by atoms with van der Waals surface area (Å²) in [7, 11) is 2.14. The normalized spacial score (nSPS) is 27.9. The molecule has 0 aromatic carbocycles. The highest BCUT2D eigenvalue weighted by molar-refractivity contribution is 5.66. The van der Waals surface area contributed by atoms with Crippen molar-refractivity contribution in [2.45, 2.75) is 39.2 Å². The molecular weight excluding hydrogens is 216 g/mol. The van der Waals surface area contributed by atoms with E-state index in [1.54, 1.807) is 0 Å². The van der Waals surface area contributed by atoms with Crippen molar-refractivity contribution in [1.29, 1.82) is 0 Å². The minimum atomic E-state index is -0.679. The van der Waals surface area contributed by atoms with Crippen LogP contribution in [0.5, 0.6) is 0 Å². The van der Waals surface area contributed by atoms with E-state index in [1.807, 2.05) is 0 Å². The molecular formula is C13H26N2O2. The monoisotopic (exact) mass is 242 g/mol. The Labute approximate surface area is 105 Å². The van der Waals surface area contributed by atoms with Gasteiger partial charge in [-0.2, -0.15) is 0 Å². The fourth-order valence-electron chi connectivity index (χ4n) is 2.81. The van der Waals surface area contributed by atoms with E-state index in [2.05, 4.69) is 30.7 Å². The summed E-state index contributed by atoms with van der Waals surface area (Å²) in [5, 5.41) is 8.82. The van der Waals surface area contributed by atoms with Crippen LogP contribution in [0, 0.1) is 5.92 Å². The third-order valence-corrected chi connectivity index (χ3v) is 3.41. The highest BCUT2D eigenvalue weighted by Crippen LogP contribution is 2.17. The number of hydrogen-bond donors (Lipinski definition) is 1. The minimum absolute atomic E-state index is 0.285. The molecule has 1 heterocycles. The quantitative estimate of drug-likeness (QED) is 0.794. The number of carboxylic acid groups (broad SMARTS) is 1. The van der Waals surface area contributed by atoms with Crippen molar-refractivity contribution < 1.29 is 9.90 Å². The van der Waals surface area contributed by atoms with Gasteiger partial charge in [0.05, 0.1) is 0 Å². The smallest absolute Gasteiger partial charge is 0.303 e. The van der Waals surface area contributed by atoms with E-state index in [0.717, 1.165) is 39.0 Å². The second kappa shape index (κ2) is 6.97. The molecule has 1 saturated heterocycles. The van der Waals surface area contributed by atoms with Crippen molar-refractivity contribution >= 4 is 5.97 Å². The molecule has 1 N–H and O–H groups in total. The van der Waals surface area contributed by atoms with Crippen molar-refractivity contribution in [3.63, 3.8) is 0 Å². The first-order valence-corrected chi connectivity index (χ1v) is 6.67. The summed E-state index contributed by atoms with van der Waals surface area (Å²) in [4.78, 5) is 15.5. The SMILES string of the molecule is CCCN1CC(C)CN(C)CC1CCC(=O)O. The summed E-state index contributed by atoms with van der Waals surface area (Å²) < 4.78 is 0. The van der Waals surface area contributed by atoms with Crippen molar-refractivity contribution in [3.05, 3.63) is 0 Å². The average Bonchev–Trinajstić information content (AvgIpc) is 2.35. The zero-order chi connectivity index (χ0) is 12.8. The number of hydrogen-bond acceptors (Lipinski definition) is 3. The molecule has 4 heteroatoms. The molecule has 0 spiro atoms. The van der Waals surface area contributed by atoms with Crippen LogP contribution in [-0.2, 0) is 4.79 Å². The largest absolute Gasteiger partial charge is 0.481 e. The third kappa shape index (κ3) is 5.04. The second-order valence-corrected chi connectivity index (χ2v) is 5.41. The Morgan fingerprint density at radius 3 is 2.65 bits per heavy atom. The van der Waals surface area contributed by atoms with Crippen LogP contribution in [-0.4, -0.2) is 60.1 Å². The number of carboxylic acids is 1. The zero-order valence-corrected chi connectivity index (χ0v) is 11.4. The Hall–Kier alpha value is -0.610. The summed E-state index contributed by atoms with van der Waals surface area (Å²) in [6.07, 6.45) is 2.19. The first-order chi connectivity index (χ1) is 8.02. The second-order valence-electron chi connectivity index (χ2n) is 5.41.